The van der Waals surface area contributed by atoms with E-state index < -0.39 is 0 Å². The van der Waals surface area contributed by atoms with Gasteiger partial charge in [-0.05, 0) is 12.3 Å². The molecule has 0 aromatic carbocycles. The first-order valence-corrected chi connectivity index (χ1v) is 6.93. The SMILES string of the molecule is CCC1CCN(c2nc(COC)c(CO)s2)C1. The fourth-order valence-corrected chi connectivity index (χ4v) is 3.18. The number of thiazole rings is 1. The molecule has 0 saturated carbocycles. The summed E-state index contributed by atoms with van der Waals surface area (Å²) in [7, 11) is 1.66. The maximum absolute atomic E-state index is 9.30. The van der Waals surface area contributed by atoms with Gasteiger partial charge in [0.15, 0.2) is 5.13 Å². The second-order valence-corrected chi connectivity index (χ2v) is 5.53. The largest absolute Gasteiger partial charge is 0.391 e. The van der Waals surface area contributed by atoms with E-state index in [0.717, 1.165) is 34.7 Å². The molecule has 96 valence electrons. The van der Waals surface area contributed by atoms with Crippen LogP contribution in [0.1, 0.15) is 30.3 Å². The zero-order chi connectivity index (χ0) is 12.3. The molecular formula is C12H20N2O2S. The van der Waals surface area contributed by atoms with Crippen molar-refractivity contribution >= 4 is 16.5 Å². The number of aliphatic hydroxyl groups excluding tert-OH is 1. The summed E-state index contributed by atoms with van der Waals surface area (Å²) < 4.78 is 5.10. The van der Waals surface area contributed by atoms with Crippen LogP contribution < -0.4 is 4.90 Å². The molecule has 0 radical (unpaired) electrons. The Morgan fingerprint density at radius 1 is 1.59 bits per heavy atom. The lowest BCUT2D eigenvalue weighted by Crippen LogP contribution is -2.19. The minimum absolute atomic E-state index is 0.0570. The molecule has 1 unspecified atom stereocenters. The minimum atomic E-state index is 0.0570. The van der Waals surface area contributed by atoms with Crippen LogP contribution in [-0.2, 0) is 18.0 Å². The summed E-state index contributed by atoms with van der Waals surface area (Å²) in [5.74, 6) is 0.794. The fraction of sp³-hybridized carbons (Fsp3) is 0.750. The normalized spacial score (nSPS) is 20.2. The number of ether oxygens (including phenoxy) is 1. The zero-order valence-corrected chi connectivity index (χ0v) is 11.3. The van der Waals surface area contributed by atoms with Gasteiger partial charge in [-0.2, -0.15) is 0 Å². The van der Waals surface area contributed by atoms with E-state index in [-0.39, 0.29) is 6.61 Å². The quantitative estimate of drug-likeness (QED) is 0.875. The van der Waals surface area contributed by atoms with Gasteiger partial charge in [0.05, 0.1) is 23.8 Å². The number of aliphatic hydroxyl groups is 1. The van der Waals surface area contributed by atoms with Gasteiger partial charge < -0.3 is 14.7 Å². The lowest BCUT2D eigenvalue weighted by Gasteiger charge is -2.14. The van der Waals surface area contributed by atoms with Crippen LogP contribution in [0.15, 0.2) is 0 Å². The Bertz CT molecular complexity index is 367. The van der Waals surface area contributed by atoms with Gasteiger partial charge >= 0.3 is 0 Å². The van der Waals surface area contributed by atoms with Gasteiger partial charge in [-0.25, -0.2) is 4.98 Å². The molecule has 5 heteroatoms. The van der Waals surface area contributed by atoms with E-state index in [1.54, 1.807) is 18.4 Å². The van der Waals surface area contributed by atoms with Crippen LogP contribution in [-0.4, -0.2) is 30.3 Å². The van der Waals surface area contributed by atoms with E-state index in [1.807, 2.05) is 0 Å². The van der Waals surface area contributed by atoms with Crippen LogP contribution >= 0.6 is 11.3 Å². The van der Waals surface area contributed by atoms with Crippen molar-refractivity contribution in [2.75, 3.05) is 25.1 Å². The first-order valence-electron chi connectivity index (χ1n) is 6.11. The van der Waals surface area contributed by atoms with E-state index >= 15 is 0 Å². The van der Waals surface area contributed by atoms with E-state index in [9.17, 15) is 5.11 Å². The second kappa shape index (κ2) is 5.80. The van der Waals surface area contributed by atoms with Crippen LogP contribution in [0.2, 0.25) is 0 Å². The molecular weight excluding hydrogens is 236 g/mol. The van der Waals surface area contributed by atoms with Crippen molar-refractivity contribution in [3.8, 4) is 0 Å². The molecule has 0 aliphatic carbocycles. The number of anilines is 1. The third-order valence-electron chi connectivity index (χ3n) is 3.33. The van der Waals surface area contributed by atoms with Gasteiger partial charge in [0.1, 0.15) is 0 Å². The van der Waals surface area contributed by atoms with Crippen LogP contribution in [0.5, 0.6) is 0 Å². The van der Waals surface area contributed by atoms with Gasteiger partial charge in [0.25, 0.3) is 0 Å². The fourth-order valence-electron chi connectivity index (χ4n) is 2.22. The molecule has 17 heavy (non-hydrogen) atoms. The summed E-state index contributed by atoms with van der Waals surface area (Å²) in [4.78, 5) is 7.84. The predicted octanol–water partition coefficient (Wildman–Crippen LogP) is 2.02. The summed E-state index contributed by atoms with van der Waals surface area (Å²) >= 11 is 1.59. The van der Waals surface area contributed by atoms with Crippen LogP contribution in [0.3, 0.4) is 0 Å². The van der Waals surface area contributed by atoms with Gasteiger partial charge in [0.2, 0.25) is 0 Å². The highest BCUT2D eigenvalue weighted by Gasteiger charge is 2.24. The van der Waals surface area contributed by atoms with Crippen molar-refractivity contribution in [3.63, 3.8) is 0 Å². The van der Waals surface area contributed by atoms with Gasteiger partial charge in [-0.15, -0.1) is 0 Å². The van der Waals surface area contributed by atoms with Crippen molar-refractivity contribution in [1.82, 2.24) is 4.98 Å². The molecule has 1 aliphatic rings. The topological polar surface area (TPSA) is 45.6 Å². The Balaban J connectivity index is 2.11. The lowest BCUT2D eigenvalue weighted by molar-refractivity contribution is 0.179. The molecule has 0 amide bonds. The smallest absolute Gasteiger partial charge is 0.185 e. The molecule has 1 aromatic rings. The molecule has 1 fully saturated rings. The Labute approximate surface area is 106 Å². The third-order valence-corrected chi connectivity index (χ3v) is 4.47. The van der Waals surface area contributed by atoms with Crippen molar-refractivity contribution in [2.45, 2.75) is 33.0 Å². The van der Waals surface area contributed by atoms with Crippen LogP contribution in [0, 0.1) is 5.92 Å². The summed E-state index contributed by atoms with van der Waals surface area (Å²) in [6, 6.07) is 0. The van der Waals surface area contributed by atoms with Crippen molar-refractivity contribution in [1.29, 1.82) is 0 Å². The molecule has 1 atom stereocenters. The summed E-state index contributed by atoms with van der Waals surface area (Å²) in [5, 5.41) is 10.3. The summed E-state index contributed by atoms with van der Waals surface area (Å²) in [5.41, 5.74) is 0.884. The summed E-state index contributed by atoms with van der Waals surface area (Å²) in [6.07, 6.45) is 2.49. The number of hydrogen-bond acceptors (Lipinski definition) is 5. The van der Waals surface area contributed by atoms with E-state index in [4.69, 9.17) is 4.74 Å². The average Bonchev–Trinajstić information content (AvgIpc) is 2.94. The van der Waals surface area contributed by atoms with Gasteiger partial charge in [-0.1, -0.05) is 24.7 Å². The van der Waals surface area contributed by atoms with Crippen molar-refractivity contribution in [2.24, 2.45) is 5.92 Å². The minimum Gasteiger partial charge on any atom is -0.391 e. The molecule has 0 spiro atoms. The Morgan fingerprint density at radius 2 is 2.41 bits per heavy atom. The van der Waals surface area contributed by atoms with E-state index in [0.29, 0.717) is 6.61 Å². The number of nitrogens with zero attached hydrogens (tertiary/aromatic N) is 2. The highest BCUT2D eigenvalue weighted by Crippen LogP contribution is 2.31. The van der Waals surface area contributed by atoms with E-state index in [2.05, 4.69) is 16.8 Å². The monoisotopic (exact) mass is 256 g/mol. The first-order chi connectivity index (χ1) is 8.28. The van der Waals surface area contributed by atoms with Crippen LogP contribution in [0.25, 0.3) is 0 Å². The van der Waals surface area contributed by atoms with Crippen molar-refractivity contribution < 1.29 is 9.84 Å². The Hall–Kier alpha value is -0.650. The molecule has 0 bridgehead atoms. The summed E-state index contributed by atoms with van der Waals surface area (Å²) in [6.45, 7) is 4.97. The van der Waals surface area contributed by atoms with Gasteiger partial charge in [0, 0.05) is 20.2 Å². The van der Waals surface area contributed by atoms with E-state index in [1.165, 1.54) is 12.8 Å². The molecule has 1 aromatic heterocycles. The highest BCUT2D eigenvalue weighted by molar-refractivity contribution is 7.15. The average molecular weight is 256 g/mol. The zero-order valence-electron chi connectivity index (χ0n) is 10.5. The van der Waals surface area contributed by atoms with Crippen LogP contribution in [0.4, 0.5) is 5.13 Å². The highest BCUT2D eigenvalue weighted by atomic mass is 32.1. The number of hydrogen-bond donors (Lipinski definition) is 1. The Morgan fingerprint density at radius 3 is 3.00 bits per heavy atom. The number of rotatable bonds is 5. The molecule has 1 N–H and O–H groups in total. The lowest BCUT2D eigenvalue weighted by atomic mass is 10.1. The number of aromatic nitrogens is 1. The third kappa shape index (κ3) is 2.78. The second-order valence-electron chi connectivity index (χ2n) is 4.47. The maximum Gasteiger partial charge on any atom is 0.185 e. The molecule has 4 nitrogen and oxygen atoms in total. The molecule has 2 rings (SSSR count). The first kappa shape index (κ1) is 12.8. The predicted molar refractivity (Wildman–Crippen MR) is 69.4 cm³/mol. The Kier molecular flexibility index (Phi) is 4.36. The maximum atomic E-state index is 9.30. The molecule has 1 saturated heterocycles. The molecule has 1 aliphatic heterocycles. The standard InChI is InChI=1S/C12H20N2O2S/c1-3-9-4-5-14(6-9)12-13-10(8-16-2)11(7-15)17-12/h9,15H,3-8H2,1-2H3. The van der Waals surface area contributed by atoms with Gasteiger partial charge in [-0.3, -0.25) is 0 Å². The number of methoxy groups -OCH3 is 1. The van der Waals surface area contributed by atoms with Crippen molar-refractivity contribution in [3.05, 3.63) is 10.6 Å². The molecule has 2 heterocycles.